The van der Waals surface area contributed by atoms with Crippen molar-refractivity contribution in [2.24, 2.45) is 5.92 Å². The summed E-state index contributed by atoms with van der Waals surface area (Å²) in [6.45, 7) is 4.23. The third kappa shape index (κ3) is 4.09. The molecule has 0 aliphatic carbocycles. The second kappa shape index (κ2) is 8.61. The van der Waals surface area contributed by atoms with E-state index in [9.17, 15) is 19.7 Å². The average molecular weight is 438 g/mol. The molecule has 0 fully saturated rings. The Balaban J connectivity index is 1.43. The molecule has 1 unspecified atom stereocenters. The highest BCUT2D eigenvalue weighted by Gasteiger charge is 2.23. The highest BCUT2D eigenvalue weighted by atomic mass is 16.6. The number of carbonyl (C=O) groups is 1. The normalized spacial score (nSPS) is 12.5. The van der Waals surface area contributed by atoms with Crippen molar-refractivity contribution >= 4 is 28.3 Å². The number of oxazole rings is 1. The minimum atomic E-state index is -0.615. The van der Waals surface area contributed by atoms with Crippen LogP contribution in [0.2, 0.25) is 0 Å². The van der Waals surface area contributed by atoms with Crippen molar-refractivity contribution in [1.29, 1.82) is 0 Å². The lowest BCUT2D eigenvalue weighted by molar-refractivity contribution is -0.384. The van der Waals surface area contributed by atoms with E-state index in [-0.39, 0.29) is 42.1 Å². The number of nitro groups is 1. The number of aromatic nitrogens is 4. The van der Waals surface area contributed by atoms with Crippen molar-refractivity contribution < 1.29 is 14.1 Å². The molecule has 0 aliphatic heterocycles. The van der Waals surface area contributed by atoms with Crippen LogP contribution in [0.15, 0.2) is 51.8 Å². The number of hydrogen-bond acceptors (Lipinski definition) is 7. The molecule has 1 N–H and O–H groups in total. The van der Waals surface area contributed by atoms with Crippen LogP contribution in [0.5, 0.6) is 0 Å². The van der Waals surface area contributed by atoms with E-state index in [0.717, 1.165) is 0 Å². The van der Waals surface area contributed by atoms with Crippen molar-refractivity contribution in [2.75, 3.05) is 0 Å². The van der Waals surface area contributed by atoms with Crippen LogP contribution in [0, 0.1) is 16.0 Å². The van der Waals surface area contributed by atoms with Gasteiger partial charge in [0.05, 0.1) is 22.5 Å². The number of benzene rings is 1. The predicted molar refractivity (Wildman–Crippen MR) is 115 cm³/mol. The molecule has 0 bridgehead atoms. The standard InChI is InChI=1S/C21H22N6O5/c1-13(2)19(20-24-23-17-6-3-4-10-26(17)20)22-18(28)7-5-11-25-15-9-8-14(27(30)31)12-16(15)32-21(25)29/h3-4,6,8-10,12-13,19H,5,7,11H2,1-2H3,(H,22,28). The van der Waals surface area contributed by atoms with E-state index in [1.54, 1.807) is 0 Å². The first-order valence-electron chi connectivity index (χ1n) is 10.2. The first kappa shape index (κ1) is 21.2. The lowest BCUT2D eigenvalue weighted by atomic mass is 10.0. The van der Waals surface area contributed by atoms with Gasteiger partial charge in [-0.15, -0.1) is 10.2 Å². The van der Waals surface area contributed by atoms with Gasteiger partial charge in [-0.3, -0.25) is 23.9 Å². The zero-order chi connectivity index (χ0) is 22.8. The van der Waals surface area contributed by atoms with Crippen molar-refractivity contribution in [2.45, 2.75) is 39.3 Å². The second-order valence-electron chi connectivity index (χ2n) is 7.81. The number of non-ortho nitro benzene ring substituents is 1. The van der Waals surface area contributed by atoms with Crippen molar-refractivity contribution in [3.05, 3.63) is 69.1 Å². The van der Waals surface area contributed by atoms with Gasteiger partial charge in [-0.1, -0.05) is 19.9 Å². The quantitative estimate of drug-likeness (QED) is 0.330. The fourth-order valence-corrected chi connectivity index (χ4v) is 3.63. The Bertz CT molecular complexity index is 1350. The summed E-state index contributed by atoms with van der Waals surface area (Å²) >= 11 is 0. The zero-order valence-corrected chi connectivity index (χ0v) is 17.6. The molecule has 1 atom stereocenters. The summed E-state index contributed by atoms with van der Waals surface area (Å²) in [4.78, 5) is 35.1. The molecule has 11 heteroatoms. The second-order valence-corrected chi connectivity index (χ2v) is 7.81. The van der Waals surface area contributed by atoms with E-state index >= 15 is 0 Å². The average Bonchev–Trinajstić information content (AvgIpc) is 3.32. The first-order valence-corrected chi connectivity index (χ1v) is 10.2. The van der Waals surface area contributed by atoms with Gasteiger partial charge in [0, 0.05) is 25.2 Å². The van der Waals surface area contributed by atoms with Crippen LogP contribution >= 0.6 is 0 Å². The van der Waals surface area contributed by atoms with Gasteiger partial charge in [-0.05, 0) is 30.5 Å². The van der Waals surface area contributed by atoms with Gasteiger partial charge in [0.25, 0.3) is 5.69 Å². The lowest BCUT2D eigenvalue weighted by Gasteiger charge is -2.21. The van der Waals surface area contributed by atoms with E-state index in [2.05, 4.69) is 15.5 Å². The maximum Gasteiger partial charge on any atom is 0.419 e. The van der Waals surface area contributed by atoms with Crippen LogP contribution in [0.3, 0.4) is 0 Å². The number of amides is 1. The molecule has 0 aliphatic rings. The number of fused-ring (bicyclic) bond motifs is 2. The SMILES string of the molecule is CC(C)C(NC(=O)CCCn1c(=O)oc2cc([N+](=O)[O-])ccc21)c1nnc2ccccn12. The highest BCUT2D eigenvalue weighted by molar-refractivity contribution is 5.77. The molecule has 1 amide bonds. The van der Waals surface area contributed by atoms with Gasteiger partial charge < -0.3 is 9.73 Å². The minimum absolute atomic E-state index is 0.0859. The van der Waals surface area contributed by atoms with Crippen molar-refractivity contribution in [3.63, 3.8) is 0 Å². The molecule has 3 aromatic heterocycles. The summed E-state index contributed by atoms with van der Waals surface area (Å²) in [7, 11) is 0. The molecule has 4 rings (SSSR count). The van der Waals surface area contributed by atoms with Crippen LogP contribution in [0.1, 0.15) is 38.6 Å². The molecule has 4 aromatic rings. The zero-order valence-electron chi connectivity index (χ0n) is 17.6. The van der Waals surface area contributed by atoms with Gasteiger partial charge in [0.15, 0.2) is 17.1 Å². The van der Waals surface area contributed by atoms with Crippen LogP contribution in [0.25, 0.3) is 16.7 Å². The summed E-state index contributed by atoms with van der Waals surface area (Å²) in [5.74, 6) is -0.0471. The molecule has 0 saturated carbocycles. The molecule has 166 valence electrons. The molecular formula is C21H22N6O5. The number of aryl methyl sites for hydroxylation is 1. The number of carbonyl (C=O) groups excluding carboxylic acids is 1. The number of hydrogen-bond donors (Lipinski definition) is 1. The number of pyridine rings is 1. The van der Waals surface area contributed by atoms with E-state index in [4.69, 9.17) is 4.42 Å². The predicted octanol–water partition coefficient (Wildman–Crippen LogP) is 2.84. The monoisotopic (exact) mass is 438 g/mol. The van der Waals surface area contributed by atoms with Crippen LogP contribution in [-0.2, 0) is 11.3 Å². The third-order valence-corrected chi connectivity index (χ3v) is 5.25. The molecule has 0 spiro atoms. The smallest absolute Gasteiger partial charge is 0.407 e. The third-order valence-electron chi connectivity index (χ3n) is 5.25. The number of nitrogens with one attached hydrogen (secondary N) is 1. The van der Waals surface area contributed by atoms with Gasteiger partial charge in [-0.2, -0.15) is 0 Å². The Hall–Kier alpha value is -4.02. The van der Waals surface area contributed by atoms with Gasteiger partial charge >= 0.3 is 5.76 Å². The molecule has 11 nitrogen and oxygen atoms in total. The maximum atomic E-state index is 12.6. The largest absolute Gasteiger partial charge is 0.419 e. The Morgan fingerprint density at radius 1 is 1.25 bits per heavy atom. The fourth-order valence-electron chi connectivity index (χ4n) is 3.63. The first-order chi connectivity index (χ1) is 15.3. The molecule has 0 saturated heterocycles. The van der Waals surface area contributed by atoms with Crippen molar-refractivity contribution in [3.8, 4) is 0 Å². The van der Waals surface area contributed by atoms with E-state index in [1.165, 1.54) is 22.8 Å². The Labute approximate surface area is 181 Å². The van der Waals surface area contributed by atoms with Gasteiger partial charge in [-0.25, -0.2) is 4.79 Å². The molecule has 32 heavy (non-hydrogen) atoms. The molecule has 3 heterocycles. The van der Waals surface area contributed by atoms with Crippen LogP contribution < -0.4 is 11.1 Å². The Morgan fingerprint density at radius 3 is 2.81 bits per heavy atom. The van der Waals surface area contributed by atoms with Gasteiger partial charge in [0.2, 0.25) is 5.91 Å². The number of nitrogens with zero attached hydrogens (tertiary/aromatic N) is 5. The lowest BCUT2D eigenvalue weighted by Crippen LogP contribution is -2.33. The van der Waals surface area contributed by atoms with E-state index < -0.39 is 10.7 Å². The van der Waals surface area contributed by atoms with Crippen LogP contribution in [-0.4, -0.2) is 30.0 Å². The fraction of sp³-hybridized carbons (Fsp3) is 0.333. The van der Waals surface area contributed by atoms with Crippen LogP contribution in [0.4, 0.5) is 5.69 Å². The number of rotatable bonds is 8. The summed E-state index contributed by atoms with van der Waals surface area (Å²) in [5.41, 5.74) is 1.15. The Morgan fingerprint density at radius 2 is 2.06 bits per heavy atom. The summed E-state index contributed by atoms with van der Waals surface area (Å²) < 4.78 is 8.34. The summed E-state index contributed by atoms with van der Waals surface area (Å²) in [5, 5.41) is 22.3. The summed E-state index contributed by atoms with van der Waals surface area (Å²) in [6.07, 6.45) is 2.43. The molecule has 0 radical (unpaired) electrons. The highest BCUT2D eigenvalue weighted by Crippen LogP contribution is 2.22. The minimum Gasteiger partial charge on any atom is -0.407 e. The summed E-state index contributed by atoms with van der Waals surface area (Å²) in [6, 6.07) is 9.28. The number of nitro benzene ring substituents is 1. The van der Waals surface area contributed by atoms with E-state index in [0.29, 0.717) is 23.4 Å². The topological polar surface area (TPSA) is 138 Å². The van der Waals surface area contributed by atoms with Gasteiger partial charge in [0.1, 0.15) is 0 Å². The van der Waals surface area contributed by atoms with Crippen molar-refractivity contribution in [1.82, 2.24) is 24.5 Å². The molecule has 1 aromatic carbocycles. The maximum absolute atomic E-state index is 12.6. The van der Waals surface area contributed by atoms with E-state index in [1.807, 2.05) is 42.6 Å². The molecular weight excluding hydrogens is 416 g/mol. The Kier molecular flexibility index (Phi) is 5.71.